The zero-order chi connectivity index (χ0) is 15.4. The molecule has 114 valence electrons. The van der Waals surface area contributed by atoms with Gasteiger partial charge in [0.15, 0.2) is 16.7 Å². The molecule has 7 heteroatoms. The van der Waals surface area contributed by atoms with Crippen LogP contribution in [0.2, 0.25) is 5.15 Å². The van der Waals surface area contributed by atoms with Crippen molar-refractivity contribution < 1.29 is 14.3 Å². The third-order valence-corrected chi connectivity index (χ3v) is 4.21. The SMILES string of the molecule is O=C(CSc1ccc2c(c1)OCCO2)Nc1cccnc1Cl. The molecular formula is C15H13ClN2O3S. The first kappa shape index (κ1) is 15.0. The van der Waals surface area contributed by atoms with Gasteiger partial charge in [0.05, 0.1) is 11.4 Å². The molecule has 0 fully saturated rings. The van der Waals surface area contributed by atoms with Gasteiger partial charge in [-0.3, -0.25) is 4.79 Å². The van der Waals surface area contributed by atoms with Crippen LogP contribution in [0, 0.1) is 0 Å². The fourth-order valence-corrected chi connectivity index (χ4v) is 2.82. The molecule has 2 aromatic rings. The van der Waals surface area contributed by atoms with Crippen molar-refractivity contribution in [1.82, 2.24) is 4.98 Å². The zero-order valence-electron chi connectivity index (χ0n) is 11.5. The smallest absolute Gasteiger partial charge is 0.234 e. The minimum absolute atomic E-state index is 0.144. The first-order valence-electron chi connectivity index (χ1n) is 6.65. The predicted octanol–water partition coefficient (Wildman–Crippen LogP) is 3.24. The summed E-state index contributed by atoms with van der Waals surface area (Å²) in [7, 11) is 0. The van der Waals surface area contributed by atoms with Gasteiger partial charge < -0.3 is 14.8 Å². The second-order valence-corrected chi connectivity index (χ2v) is 5.89. The summed E-state index contributed by atoms with van der Waals surface area (Å²) in [6, 6.07) is 9.07. The van der Waals surface area contributed by atoms with E-state index in [-0.39, 0.29) is 16.8 Å². The lowest BCUT2D eigenvalue weighted by Gasteiger charge is -2.18. The summed E-state index contributed by atoms with van der Waals surface area (Å²) >= 11 is 7.32. The highest BCUT2D eigenvalue weighted by Gasteiger charge is 2.13. The summed E-state index contributed by atoms with van der Waals surface area (Å²) in [5.41, 5.74) is 0.511. The van der Waals surface area contributed by atoms with Gasteiger partial charge in [-0.2, -0.15) is 0 Å². The van der Waals surface area contributed by atoms with Gasteiger partial charge in [-0.1, -0.05) is 11.6 Å². The Balaban J connectivity index is 1.58. The molecule has 1 aromatic carbocycles. The molecule has 5 nitrogen and oxygen atoms in total. The Hall–Kier alpha value is -1.92. The van der Waals surface area contributed by atoms with Crippen molar-refractivity contribution in [3.63, 3.8) is 0 Å². The van der Waals surface area contributed by atoms with Gasteiger partial charge >= 0.3 is 0 Å². The number of nitrogens with zero attached hydrogens (tertiary/aromatic N) is 1. The van der Waals surface area contributed by atoms with Gasteiger partial charge in [-0.15, -0.1) is 11.8 Å². The Labute approximate surface area is 137 Å². The van der Waals surface area contributed by atoms with E-state index in [2.05, 4.69) is 10.3 Å². The number of hydrogen-bond acceptors (Lipinski definition) is 5. The Morgan fingerprint density at radius 2 is 2.09 bits per heavy atom. The molecule has 2 heterocycles. The molecule has 0 spiro atoms. The van der Waals surface area contributed by atoms with Crippen molar-refractivity contribution >= 4 is 35.0 Å². The molecule has 1 aromatic heterocycles. The number of anilines is 1. The van der Waals surface area contributed by atoms with E-state index in [9.17, 15) is 4.79 Å². The van der Waals surface area contributed by atoms with Crippen LogP contribution in [0.25, 0.3) is 0 Å². The highest BCUT2D eigenvalue weighted by Crippen LogP contribution is 2.34. The summed E-state index contributed by atoms with van der Waals surface area (Å²) in [5, 5.41) is 3.01. The maximum Gasteiger partial charge on any atom is 0.234 e. The second-order valence-electron chi connectivity index (χ2n) is 4.48. The quantitative estimate of drug-likeness (QED) is 0.686. The number of aromatic nitrogens is 1. The molecule has 0 atom stereocenters. The molecule has 0 radical (unpaired) electrons. The number of halogens is 1. The number of thioether (sulfide) groups is 1. The standard InChI is InChI=1S/C15H13ClN2O3S/c16-15-11(2-1-5-17-15)18-14(19)9-22-10-3-4-12-13(8-10)21-7-6-20-12/h1-5,8H,6-7,9H2,(H,18,19). The first-order valence-corrected chi connectivity index (χ1v) is 8.01. The largest absolute Gasteiger partial charge is 0.486 e. The molecule has 1 aliphatic rings. The fourth-order valence-electron chi connectivity index (χ4n) is 1.93. The summed E-state index contributed by atoms with van der Waals surface area (Å²) in [5.74, 6) is 1.58. The van der Waals surface area contributed by atoms with Crippen LogP contribution in [0.1, 0.15) is 0 Å². The van der Waals surface area contributed by atoms with E-state index in [0.29, 0.717) is 24.7 Å². The van der Waals surface area contributed by atoms with Crippen LogP contribution in [-0.4, -0.2) is 29.9 Å². The number of nitrogens with one attached hydrogen (secondary N) is 1. The number of benzene rings is 1. The second kappa shape index (κ2) is 6.89. The van der Waals surface area contributed by atoms with Gasteiger partial charge in [0.1, 0.15) is 13.2 Å². The minimum Gasteiger partial charge on any atom is -0.486 e. The molecule has 22 heavy (non-hydrogen) atoms. The topological polar surface area (TPSA) is 60.5 Å². The third kappa shape index (κ3) is 3.64. The number of carbonyl (C=O) groups excluding carboxylic acids is 1. The van der Waals surface area contributed by atoms with E-state index in [1.165, 1.54) is 11.8 Å². The van der Waals surface area contributed by atoms with Gasteiger partial charge in [0.25, 0.3) is 0 Å². The van der Waals surface area contributed by atoms with Gasteiger partial charge in [-0.05, 0) is 30.3 Å². The Kier molecular flexibility index (Phi) is 4.70. The number of ether oxygens (including phenoxy) is 2. The minimum atomic E-state index is -0.144. The number of carbonyl (C=O) groups is 1. The Morgan fingerprint density at radius 3 is 2.91 bits per heavy atom. The maximum absolute atomic E-state index is 12.0. The van der Waals surface area contributed by atoms with Gasteiger partial charge in [0, 0.05) is 11.1 Å². The van der Waals surface area contributed by atoms with E-state index in [0.717, 1.165) is 10.6 Å². The normalized spacial score (nSPS) is 12.8. The molecule has 0 bridgehead atoms. The molecule has 3 rings (SSSR count). The molecular weight excluding hydrogens is 324 g/mol. The fraction of sp³-hybridized carbons (Fsp3) is 0.200. The predicted molar refractivity (Wildman–Crippen MR) is 86.0 cm³/mol. The van der Waals surface area contributed by atoms with Crippen molar-refractivity contribution in [3.05, 3.63) is 41.7 Å². The molecule has 0 saturated carbocycles. The monoisotopic (exact) mass is 336 g/mol. The lowest BCUT2D eigenvalue weighted by Crippen LogP contribution is -2.15. The van der Waals surface area contributed by atoms with Crippen LogP contribution >= 0.6 is 23.4 Å². The van der Waals surface area contributed by atoms with Crippen molar-refractivity contribution in [2.45, 2.75) is 4.90 Å². The summed E-state index contributed by atoms with van der Waals surface area (Å²) in [4.78, 5) is 16.8. The number of hydrogen-bond donors (Lipinski definition) is 1. The van der Waals surface area contributed by atoms with E-state index in [4.69, 9.17) is 21.1 Å². The van der Waals surface area contributed by atoms with Crippen molar-refractivity contribution in [2.75, 3.05) is 24.3 Å². The first-order chi connectivity index (χ1) is 10.7. The lowest BCUT2D eigenvalue weighted by molar-refractivity contribution is -0.113. The van der Waals surface area contributed by atoms with Gasteiger partial charge in [0.2, 0.25) is 5.91 Å². The van der Waals surface area contributed by atoms with Crippen LogP contribution in [0.3, 0.4) is 0 Å². The van der Waals surface area contributed by atoms with Crippen molar-refractivity contribution in [2.24, 2.45) is 0 Å². The van der Waals surface area contributed by atoms with E-state index in [1.807, 2.05) is 18.2 Å². The molecule has 1 N–H and O–H groups in total. The lowest BCUT2D eigenvalue weighted by atomic mass is 10.3. The Bertz CT molecular complexity index is 696. The average molecular weight is 337 g/mol. The number of amides is 1. The highest BCUT2D eigenvalue weighted by molar-refractivity contribution is 8.00. The highest BCUT2D eigenvalue weighted by atomic mass is 35.5. The van der Waals surface area contributed by atoms with Gasteiger partial charge in [-0.25, -0.2) is 4.98 Å². The van der Waals surface area contributed by atoms with Crippen LogP contribution in [-0.2, 0) is 4.79 Å². The Morgan fingerprint density at radius 1 is 1.27 bits per heavy atom. The molecule has 0 aliphatic carbocycles. The average Bonchev–Trinajstić information content (AvgIpc) is 2.55. The number of fused-ring (bicyclic) bond motifs is 1. The summed E-state index contributed by atoms with van der Waals surface area (Å²) in [6.07, 6.45) is 1.57. The maximum atomic E-state index is 12.0. The van der Waals surface area contributed by atoms with Crippen molar-refractivity contribution in [1.29, 1.82) is 0 Å². The third-order valence-electron chi connectivity index (χ3n) is 2.92. The number of rotatable bonds is 4. The summed E-state index contributed by atoms with van der Waals surface area (Å²) in [6.45, 7) is 1.11. The van der Waals surface area contributed by atoms with Crippen LogP contribution < -0.4 is 14.8 Å². The van der Waals surface area contributed by atoms with Crippen molar-refractivity contribution in [3.8, 4) is 11.5 Å². The number of pyridine rings is 1. The molecule has 1 aliphatic heterocycles. The van der Waals surface area contributed by atoms with E-state index < -0.39 is 0 Å². The van der Waals surface area contributed by atoms with Crippen LogP contribution in [0.4, 0.5) is 5.69 Å². The van der Waals surface area contributed by atoms with Crippen LogP contribution in [0.15, 0.2) is 41.4 Å². The molecule has 1 amide bonds. The zero-order valence-corrected chi connectivity index (χ0v) is 13.1. The molecule has 0 saturated heterocycles. The van der Waals surface area contributed by atoms with E-state index >= 15 is 0 Å². The van der Waals surface area contributed by atoms with E-state index in [1.54, 1.807) is 18.3 Å². The summed E-state index contributed by atoms with van der Waals surface area (Å²) < 4.78 is 11.0. The van der Waals surface area contributed by atoms with Crippen LogP contribution in [0.5, 0.6) is 11.5 Å². The molecule has 0 unspecified atom stereocenters.